The van der Waals surface area contributed by atoms with E-state index < -0.39 is 5.75 Å². The predicted octanol–water partition coefficient (Wildman–Crippen LogP) is 3.55. The molecular weight excluding hydrogens is 356 g/mol. The monoisotopic (exact) mass is 364 g/mol. The lowest BCUT2D eigenvalue weighted by Crippen LogP contribution is -2.27. The van der Waals surface area contributed by atoms with Crippen molar-refractivity contribution in [1.82, 2.24) is 4.98 Å². The summed E-state index contributed by atoms with van der Waals surface area (Å²) in [6, 6.07) is 6.23. The number of carbonyl (C=O) groups is 1. The molecule has 1 amide bonds. The molecule has 1 aliphatic heterocycles. The standard InChI is InChI=1S/C15H9ClN2O3S2/c16-10-4-8(5-11(19)13(10)20)6-12-14(21)18(15(22)23-12)9-2-1-3-17-7-9/h1-7,19-20H/b12-6-. The van der Waals surface area contributed by atoms with E-state index in [-0.39, 0.29) is 16.7 Å². The molecule has 2 heterocycles. The second-order valence-electron chi connectivity index (χ2n) is 4.60. The van der Waals surface area contributed by atoms with Gasteiger partial charge >= 0.3 is 0 Å². The molecule has 0 aliphatic carbocycles. The lowest BCUT2D eigenvalue weighted by Gasteiger charge is -2.13. The molecule has 1 aromatic carbocycles. The highest BCUT2D eigenvalue weighted by Gasteiger charge is 2.33. The molecule has 2 N–H and O–H groups in total. The number of nitrogens with zero attached hydrogens (tertiary/aromatic N) is 2. The molecule has 1 aliphatic rings. The molecule has 0 atom stereocenters. The van der Waals surface area contributed by atoms with Crippen LogP contribution in [0.15, 0.2) is 41.6 Å². The molecule has 3 rings (SSSR count). The van der Waals surface area contributed by atoms with E-state index in [0.29, 0.717) is 20.5 Å². The zero-order chi connectivity index (χ0) is 16.6. The smallest absolute Gasteiger partial charge is 0.270 e. The normalized spacial score (nSPS) is 16.4. The van der Waals surface area contributed by atoms with Crippen LogP contribution < -0.4 is 4.90 Å². The number of aromatic nitrogens is 1. The number of phenols is 2. The van der Waals surface area contributed by atoms with E-state index in [1.54, 1.807) is 30.6 Å². The van der Waals surface area contributed by atoms with Crippen LogP contribution in [0.2, 0.25) is 5.02 Å². The Morgan fingerprint density at radius 1 is 1.35 bits per heavy atom. The average Bonchev–Trinajstić information content (AvgIpc) is 2.80. The Morgan fingerprint density at radius 3 is 2.78 bits per heavy atom. The molecular formula is C15H9ClN2O3S2. The van der Waals surface area contributed by atoms with Crippen molar-refractivity contribution in [1.29, 1.82) is 0 Å². The van der Waals surface area contributed by atoms with Gasteiger partial charge in [-0.05, 0) is 35.9 Å². The number of hydrogen-bond donors (Lipinski definition) is 2. The van der Waals surface area contributed by atoms with Gasteiger partial charge in [0.2, 0.25) is 0 Å². The fourth-order valence-electron chi connectivity index (χ4n) is 2.02. The fourth-order valence-corrected chi connectivity index (χ4v) is 3.54. The minimum absolute atomic E-state index is 0.000937. The summed E-state index contributed by atoms with van der Waals surface area (Å²) in [4.78, 5) is 18.3. The highest BCUT2D eigenvalue weighted by molar-refractivity contribution is 8.27. The van der Waals surface area contributed by atoms with Gasteiger partial charge in [-0.15, -0.1) is 0 Å². The van der Waals surface area contributed by atoms with Gasteiger partial charge < -0.3 is 10.2 Å². The summed E-state index contributed by atoms with van der Waals surface area (Å²) in [6.07, 6.45) is 4.72. The molecule has 1 fully saturated rings. The third-order valence-corrected chi connectivity index (χ3v) is 4.65. The average molecular weight is 365 g/mol. The number of anilines is 1. The SMILES string of the molecule is O=C1/C(=C/c2cc(O)c(O)c(Cl)c2)SC(=S)N1c1cccnc1. The first-order valence-corrected chi connectivity index (χ1v) is 7.97. The number of amides is 1. The summed E-state index contributed by atoms with van der Waals surface area (Å²) >= 11 is 12.2. The minimum Gasteiger partial charge on any atom is -0.504 e. The molecule has 5 nitrogen and oxygen atoms in total. The number of hydrogen-bond acceptors (Lipinski definition) is 6. The topological polar surface area (TPSA) is 73.7 Å². The van der Waals surface area contributed by atoms with E-state index in [0.717, 1.165) is 11.8 Å². The Balaban J connectivity index is 1.96. The van der Waals surface area contributed by atoms with Crippen LogP contribution in [0.25, 0.3) is 6.08 Å². The molecule has 2 aromatic rings. The van der Waals surface area contributed by atoms with Gasteiger partial charge in [-0.3, -0.25) is 14.7 Å². The predicted molar refractivity (Wildman–Crippen MR) is 94.7 cm³/mol. The van der Waals surface area contributed by atoms with Crippen molar-refractivity contribution in [2.75, 3.05) is 4.90 Å². The summed E-state index contributed by atoms with van der Waals surface area (Å²) in [5, 5.41) is 19.1. The molecule has 0 spiro atoms. The zero-order valence-electron chi connectivity index (χ0n) is 11.4. The third-order valence-electron chi connectivity index (χ3n) is 3.06. The van der Waals surface area contributed by atoms with E-state index in [1.807, 2.05) is 0 Å². The summed E-state index contributed by atoms with van der Waals surface area (Å²) in [7, 11) is 0. The minimum atomic E-state index is -0.397. The summed E-state index contributed by atoms with van der Waals surface area (Å²) in [6.45, 7) is 0. The molecule has 0 saturated carbocycles. The van der Waals surface area contributed by atoms with Crippen molar-refractivity contribution in [3.05, 3.63) is 52.2 Å². The Morgan fingerprint density at radius 2 is 2.13 bits per heavy atom. The second kappa shape index (κ2) is 6.19. The molecule has 0 unspecified atom stereocenters. The molecule has 116 valence electrons. The lowest BCUT2D eigenvalue weighted by atomic mass is 10.2. The van der Waals surface area contributed by atoms with Crippen LogP contribution >= 0.6 is 35.6 Å². The van der Waals surface area contributed by atoms with Crippen molar-refractivity contribution in [3.8, 4) is 11.5 Å². The molecule has 0 bridgehead atoms. The summed E-state index contributed by atoms with van der Waals surface area (Å²) < 4.78 is 0.392. The number of halogens is 1. The number of thioether (sulfide) groups is 1. The Labute approximate surface area is 146 Å². The number of rotatable bonds is 2. The first-order chi connectivity index (χ1) is 11.0. The van der Waals surface area contributed by atoms with Crippen LogP contribution in [0.1, 0.15) is 5.56 Å². The van der Waals surface area contributed by atoms with Crippen LogP contribution in [0.4, 0.5) is 5.69 Å². The zero-order valence-corrected chi connectivity index (χ0v) is 13.8. The van der Waals surface area contributed by atoms with Crippen molar-refractivity contribution in [2.45, 2.75) is 0 Å². The quantitative estimate of drug-likeness (QED) is 0.482. The van der Waals surface area contributed by atoms with E-state index in [2.05, 4.69) is 4.98 Å². The van der Waals surface area contributed by atoms with Crippen LogP contribution in [0.3, 0.4) is 0 Å². The maximum absolute atomic E-state index is 12.5. The third kappa shape index (κ3) is 3.03. The van der Waals surface area contributed by atoms with Gasteiger partial charge in [-0.25, -0.2) is 0 Å². The van der Waals surface area contributed by atoms with Gasteiger partial charge in [0, 0.05) is 6.20 Å². The Bertz CT molecular complexity index is 817. The van der Waals surface area contributed by atoms with E-state index >= 15 is 0 Å². The van der Waals surface area contributed by atoms with Crippen LogP contribution in [-0.2, 0) is 4.79 Å². The summed E-state index contributed by atoms with van der Waals surface area (Å²) in [5.74, 6) is -1.03. The number of aromatic hydroxyl groups is 2. The number of thiocarbonyl (C=S) groups is 1. The van der Waals surface area contributed by atoms with Gasteiger partial charge in [-0.1, -0.05) is 35.6 Å². The second-order valence-corrected chi connectivity index (χ2v) is 6.68. The summed E-state index contributed by atoms with van der Waals surface area (Å²) in [5.41, 5.74) is 1.07. The van der Waals surface area contributed by atoms with Gasteiger partial charge in [0.25, 0.3) is 5.91 Å². The Hall–Kier alpha value is -2.09. The Kier molecular flexibility index (Phi) is 4.25. The maximum atomic E-state index is 12.5. The highest BCUT2D eigenvalue weighted by Crippen LogP contribution is 2.38. The molecule has 8 heteroatoms. The van der Waals surface area contributed by atoms with Crippen LogP contribution in [-0.4, -0.2) is 25.4 Å². The van der Waals surface area contributed by atoms with Gasteiger partial charge in [0.1, 0.15) is 0 Å². The van der Waals surface area contributed by atoms with Gasteiger partial charge in [0.05, 0.1) is 21.8 Å². The van der Waals surface area contributed by atoms with E-state index in [9.17, 15) is 15.0 Å². The van der Waals surface area contributed by atoms with Crippen molar-refractivity contribution < 1.29 is 15.0 Å². The number of pyridine rings is 1. The number of benzene rings is 1. The van der Waals surface area contributed by atoms with Crippen molar-refractivity contribution in [2.24, 2.45) is 0 Å². The van der Waals surface area contributed by atoms with Crippen LogP contribution in [0, 0.1) is 0 Å². The maximum Gasteiger partial charge on any atom is 0.270 e. The first kappa shape index (κ1) is 15.8. The van der Waals surface area contributed by atoms with Crippen molar-refractivity contribution >= 4 is 57.6 Å². The van der Waals surface area contributed by atoms with Crippen molar-refractivity contribution in [3.63, 3.8) is 0 Å². The van der Waals surface area contributed by atoms with Crippen LogP contribution in [0.5, 0.6) is 11.5 Å². The molecule has 1 saturated heterocycles. The van der Waals surface area contributed by atoms with E-state index in [4.69, 9.17) is 23.8 Å². The molecule has 1 aromatic heterocycles. The number of phenolic OH excluding ortho intramolecular Hbond substituents is 2. The molecule has 0 radical (unpaired) electrons. The fraction of sp³-hybridized carbons (Fsp3) is 0. The highest BCUT2D eigenvalue weighted by atomic mass is 35.5. The van der Waals surface area contributed by atoms with Gasteiger partial charge in [0.15, 0.2) is 15.8 Å². The van der Waals surface area contributed by atoms with Gasteiger partial charge in [-0.2, -0.15) is 0 Å². The number of carbonyl (C=O) groups excluding carboxylic acids is 1. The largest absolute Gasteiger partial charge is 0.504 e. The molecule has 23 heavy (non-hydrogen) atoms. The lowest BCUT2D eigenvalue weighted by molar-refractivity contribution is -0.113. The van der Waals surface area contributed by atoms with E-state index in [1.165, 1.54) is 17.0 Å². The first-order valence-electron chi connectivity index (χ1n) is 6.37.